The molecule has 1 amide bonds. The molecule has 1 aromatic carbocycles. The third kappa shape index (κ3) is 4.95. The number of aromatic nitrogens is 3. The minimum absolute atomic E-state index is 0.210. The average molecular weight is 454 g/mol. The van der Waals surface area contributed by atoms with Gasteiger partial charge in [0.25, 0.3) is 0 Å². The molecule has 2 atom stereocenters. The van der Waals surface area contributed by atoms with Crippen LogP contribution in [0.4, 0.5) is 22.1 Å². The maximum Gasteiger partial charge on any atom is 0.412 e. The molecule has 10 nitrogen and oxygen atoms in total. The van der Waals surface area contributed by atoms with E-state index in [9.17, 15) is 4.79 Å². The summed E-state index contributed by atoms with van der Waals surface area (Å²) in [4.78, 5) is 16.4. The Hall–Kier alpha value is -3.53. The van der Waals surface area contributed by atoms with E-state index in [-0.39, 0.29) is 12.1 Å². The van der Waals surface area contributed by atoms with Crippen LogP contribution in [0.2, 0.25) is 0 Å². The molecule has 2 aromatic heterocycles. The SMILES string of the molecule is COc1cc(-c2cc(N[C@@H]3CC[C@@H](N)C3)n3ncnc(N)c23)ccc1NC(=O)OC(C)(C)C. The number of carbonyl (C=O) groups excluding carboxylic acids is 1. The average Bonchev–Trinajstić information content (AvgIpc) is 3.31. The number of nitrogens with one attached hydrogen (secondary N) is 2. The molecule has 0 unspecified atom stereocenters. The summed E-state index contributed by atoms with van der Waals surface area (Å²) < 4.78 is 12.6. The molecule has 0 saturated heterocycles. The fourth-order valence-corrected chi connectivity index (χ4v) is 4.12. The minimum atomic E-state index is -0.604. The van der Waals surface area contributed by atoms with Gasteiger partial charge in [-0.1, -0.05) is 6.07 Å². The summed E-state index contributed by atoms with van der Waals surface area (Å²) in [5.41, 5.74) is 14.6. The number of rotatable bonds is 5. The van der Waals surface area contributed by atoms with Crippen LogP contribution in [0, 0.1) is 0 Å². The lowest BCUT2D eigenvalue weighted by atomic mass is 10.1. The summed E-state index contributed by atoms with van der Waals surface area (Å²) in [7, 11) is 1.55. The first-order valence-corrected chi connectivity index (χ1v) is 11.0. The van der Waals surface area contributed by atoms with Crippen LogP contribution in [-0.2, 0) is 4.74 Å². The summed E-state index contributed by atoms with van der Waals surface area (Å²) in [6.45, 7) is 5.42. The molecule has 0 bridgehead atoms. The van der Waals surface area contributed by atoms with Gasteiger partial charge in [0.2, 0.25) is 0 Å². The van der Waals surface area contributed by atoms with Crippen molar-refractivity contribution < 1.29 is 14.3 Å². The zero-order valence-electron chi connectivity index (χ0n) is 19.4. The van der Waals surface area contributed by atoms with E-state index in [2.05, 4.69) is 20.7 Å². The van der Waals surface area contributed by atoms with Crippen molar-refractivity contribution in [3.05, 3.63) is 30.6 Å². The number of nitrogens with two attached hydrogens (primary N) is 2. The van der Waals surface area contributed by atoms with Crippen molar-refractivity contribution in [2.24, 2.45) is 5.73 Å². The van der Waals surface area contributed by atoms with Gasteiger partial charge in [0, 0.05) is 17.6 Å². The third-order valence-corrected chi connectivity index (χ3v) is 5.56. The predicted molar refractivity (Wildman–Crippen MR) is 128 cm³/mol. The summed E-state index contributed by atoms with van der Waals surface area (Å²) in [5.74, 6) is 1.68. The highest BCUT2D eigenvalue weighted by Crippen LogP contribution is 2.37. The van der Waals surface area contributed by atoms with Crippen LogP contribution >= 0.6 is 0 Å². The van der Waals surface area contributed by atoms with Gasteiger partial charge in [-0.3, -0.25) is 5.32 Å². The normalized spacial score (nSPS) is 18.3. The number of nitrogen functional groups attached to an aromatic ring is 1. The van der Waals surface area contributed by atoms with Crippen LogP contribution in [0.3, 0.4) is 0 Å². The molecular formula is C23H31N7O3. The van der Waals surface area contributed by atoms with Crippen LogP contribution in [0.25, 0.3) is 16.6 Å². The van der Waals surface area contributed by atoms with Crippen LogP contribution in [0.1, 0.15) is 40.0 Å². The molecule has 176 valence electrons. The third-order valence-electron chi connectivity index (χ3n) is 5.56. The predicted octanol–water partition coefficient (Wildman–Crippen LogP) is 3.63. The highest BCUT2D eigenvalue weighted by atomic mass is 16.6. The first kappa shape index (κ1) is 22.7. The van der Waals surface area contributed by atoms with Gasteiger partial charge in [-0.2, -0.15) is 5.10 Å². The van der Waals surface area contributed by atoms with E-state index in [1.54, 1.807) is 17.7 Å². The number of ether oxygens (including phenoxy) is 2. The maximum absolute atomic E-state index is 12.2. The van der Waals surface area contributed by atoms with Gasteiger partial charge in [0.15, 0.2) is 5.82 Å². The molecule has 4 rings (SSSR count). The summed E-state index contributed by atoms with van der Waals surface area (Å²) in [5, 5.41) is 10.7. The number of hydrogen-bond acceptors (Lipinski definition) is 8. The Balaban J connectivity index is 1.69. The van der Waals surface area contributed by atoms with Crippen molar-refractivity contribution in [1.82, 2.24) is 14.6 Å². The zero-order valence-corrected chi connectivity index (χ0v) is 19.4. The number of carbonyl (C=O) groups is 1. The number of anilines is 3. The Kier molecular flexibility index (Phi) is 6.03. The molecule has 6 N–H and O–H groups in total. The molecule has 1 aliphatic rings. The minimum Gasteiger partial charge on any atom is -0.495 e. The van der Waals surface area contributed by atoms with Crippen LogP contribution in [-0.4, -0.2) is 45.5 Å². The molecule has 2 heterocycles. The van der Waals surface area contributed by atoms with Crippen molar-refractivity contribution in [3.63, 3.8) is 0 Å². The van der Waals surface area contributed by atoms with Crippen molar-refractivity contribution in [1.29, 1.82) is 0 Å². The smallest absolute Gasteiger partial charge is 0.412 e. The second-order valence-electron chi connectivity index (χ2n) is 9.31. The van der Waals surface area contributed by atoms with E-state index in [0.29, 0.717) is 22.8 Å². The lowest BCUT2D eigenvalue weighted by molar-refractivity contribution is 0.0635. The highest BCUT2D eigenvalue weighted by molar-refractivity contribution is 5.93. The molecule has 0 spiro atoms. The number of fused-ring (bicyclic) bond motifs is 1. The van der Waals surface area contributed by atoms with Crippen LogP contribution in [0.15, 0.2) is 30.6 Å². The second kappa shape index (κ2) is 8.78. The van der Waals surface area contributed by atoms with Crippen molar-refractivity contribution in [2.45, 2.75) is 57.7 Å². The highest BCUT2D eigenvalue weighted by Gasteiger charge is 2.24. The standard InChI is InChI=1S/C23H31N7O3/c1-23(2,3)33-22(31)29-17-8-5-13(9-18(17)32-4)16-11-19(28-15-7-6-14(24)10-15)30-20(16)21(25)26-12-27-30/h5,8-9,11-12,14-15,28H,6-7,10,24H2,1-4H3,(H,29,31)(H2,25,26,27)/t14-,15-/m1/s1. The Bertz CT molecular complexity index is 1170. The lowest BCUT2D eigenvalue weighted by Gasteiger charge is -2.20. The monoisotopic (exact) mass is 453 g/mol. The van der Waals surface area contributed by atoms with E-state index in [1.807, 2.05) is 39.0 Å². The fourth-order valence-electron chi connectivity index (χ4n) is 4.12. The van der Waals surface area contributed by atoms with Gasteiger partial charge in [-0.15, -0.1) is 0 Å². The molecule has 1 aliphatic carbocycles. The van der Waals surface area contributed by atoms with Crippen molar-refractivity contribution >= 4 is 28.9 Å². The second-order valence-corrected chi connectivity index (χ2v) is 9.31. The number of nitrogens with zero attached hydrogens (tertiary/aromatic N) is 3. The first-order chi connectivity index (χ1) is 15.6. The number of hydrogen-bond donors (Lipinski definition) is 4. The van der Waals surface area contributed by atoms with E-state index < -0.39 is 11.7 Å². The van der Waals surface area contributed by atoms with E-state index in [1.165, 1.54) is 6.33 Å². The molecule has 0 aliphatic heterocycles. The van der Waals surface area contributed by atoms with Crippen LogP contribution < -0.4 is 26.8 Å². The molecule has 1 saturated carbocycles. The van der Waals surface area contributed by atoms with E-state index in [0.717, 1.165) is 36.2 Å². The van der Waals surface area contributed by atoms with Gasteiger partial charge < -0.3 is 26.3 Å². The first-order valence-electron chi connectivity index (χ1n) is 11.0. The van der Waals surface area contributed by atoms with Gasteiger partial charge in [-0.05, 0) is 63.8 Å². The lowest BCUT2D eigenvalue weighted by Crippen LogP contribution is -2.27. The Morgan fingerprint density at radius 3 is 2.70 bits per heavy atom. The van der Waals surface area contributed by atoms with Gasteiger partial charge in [-0.25, -0.2) is 14.3 Å². The number of amides is 1. The van der Waals surface area contributed by atoms with Crippen LogP contribution in [0.5, 0.6) is 5.75 Å². The van der Waals surface area contributed by atoms with E-state index >= 15 is 0 Å². The maximum atomic E-state index is 12.2. The Morgan fingerprint density at radius 2 is 2.03 bits per heavy atom. The Morgan fingerprint density at radius 1 is 1.24 bits per heavy atom. The quantitative estimate of drug-likeness (QED) is 0.459. The molecular weight excluding hydrogens is 422 g/mol. The largest absolute Gasteiger partial charge is 0.495 e. The molecule has 1 fully saturated rings. The molecule has 10 heteroatoms. The summed E-state index contributed by atoms with van der Waals surface area (Å²) in [6.07, 6.45) is 3.78. The fraction of sp³-hybridized carbons (Fsp3) is 0.435. The molecule has 3 aromatic rings. The van der Waals surface area contributed by atoms with Gasteiger partial charge in [0.1, 0.15) is 29.0 Å². The number of benzene rings is 1. The summed E-state index contributed by atoms with van der Waals surface area (Å²) in [6, 6.07) is 7.97. The van der Waals surface area contributed by atoms with Gasteiger partial charge >= 0.3 is 6.09 Å². The van der Waals surface area contributed by atoms with Crippen molar-refractivity contribution in [2.75, 3.05) is 23.5 Å². The number of methoxy groups -OCH3 is 1. The molecule has 33 heavy (non-hydrogen) atoms. The molecule has 0 radical (unpaired) electrons. The van der Waals surface area contributed by atoms with Crippen molar-refractivity contribution in [3.8, 4) is 16.9 Å². The van der Waals surface area contributed by atoms with Gasteiger partial charge in [0.05, 0.1) is 12.8 Å². The topological polar surface area (TPSA) is 142 Å². The van der Waals surface area contributed by atoms with E-state index in [4.69, 9.17) is 20.9 Å². The summed E-state index contributed by atoms with van der Waals surface area (Å²) >= 11 is 0. The zero-order chi connectivity index (χ0) is 23.8. The Labute approximate surface area is 192 Å².